The summed E-state index contributed by atoms with van der Waals surface area (Å²) in [6.07, 6.45) is 6.27. The fraction of sp³-hybridized carbons (Fsp3) is 0.407. The lowest BCUT2D eigenvalue weighted by Crippen LogP contribution is -2.22. The first-order chi connectivity index (χ1) is 15.1. The number of hydrogen-bond donors (Lipinski definition) is 0. The van der Waals surface area contributed by atoms with E-state index in [0.29, 0.717) is 0 Å². The second-order valence-corrected chi connectivity index (χ2v) is 7.22. The summed E-state index contributed by atoms with van der Waals surface area (Å²) in [4.78, 5) is 4.61. The van der Waals surface area contributed by atoms with Crippen LogP contribution in [0.1, 0.15) is 45.7 Å². The van der Waals surface area contributed by atoms with Crippen LogP contribution < -0.4 is 19.3 Å². The van der Waals surface area contributed by atoms with Gasteiger partial charge in [0.05, 0.1) is 25.6 Å². The fourth-order valence-electron chi connectivity index (χ4n) is 3.89. The van der Waals surface area contributed by atoms with Crippen molar-refractivity contribution in [3.63, 3.8) is 0 Å². The highest BCUT2D eigenvalue weighted by Gasteiger charge is 2.15. The summed E-state index contributed by atoms with van der Waals surface area (Å²) in [5.41, 5.74) is 5.60. The second-order valence-electron chi connectivity index (χ2n) is 7.22. The maximum absolute atomic E-state index is 5.77. The summed E-state index contributed by atoms with van der Waals surface area (Å²) < 4.78 is 11.5. The molecule has 0 aliphatic heterocycles. The monoisotopic (exact) mass is 422 g/mol. The summed E-state index contributed by atoms with van der Waals surface area (Å²) in [5, 5.41) is 0. The predicted octanol–water partition coefficient (Wildman–Crippen LogP) is 6.40. The van der Waals surface area contributed by atoms with Gasteiger partial charge in [0.25, 0.3) is 0 Å². The minimum Gasteiger partial charge on any atom is -0.495 e. The molecule has 2 aromatic rings. The third-order valence-electron chi connectivity index (χ3n) is 5.65. The Morgan fingerprint density at radius 3 is 1.48 bits per heavy atom. The Morgan fingerprint density at radius 2 is 1.16 bits per heavy atom. The Hall–Kier alpha value is -2.88. The molecule has 0 saturated heterocycles. The largest absolute Gasteiger partial charge is 0.495 e. The number of benzene rings is 2. The highest BCUT2D eigenvalue weighted by molar-refractivity contribution is 5.84. The molecular formula is C27H38N2O2. The highest BCUT2D eigenvalue weighted by Crippen LogP contribution is 2.37. The third kappa shape index (κ3) is 5.63. The molecule has 0 aliphatic rings. The van der Waals surface area contributed by atoms with Gasteiger partial charge >= 0.3 is 0 Å². The third-order valence-corrected chi connectivity index (χ3v) is 5.65. The van der Waals surface area contributed by atoms with Crippen molar-refractivity contribution in [1.29, 1.82) is 0 Å². The van der Waals surface area contributed by atoms with Gasteiger partial charge in [0.2, 0.25) is 0 Å². The number of rotatable bonds is 11. The van der Waals surface area contributed by atoms with Gasteiger partial charge in [0.15, 0.2) is 0 Å². The van der Waals surface area contributed by atoms with Gasteiger partial charge in [-0.1, -0.05) is 30.4 Å². The molecule has 0 aliphatic carbocycles. The minimum atomic E-state index is 0.888. The van der Waals surface area contributed by atoms with Crippen LogP contribution in [0.25, 0.3) is 5.57 Å². The molecular weight excluding hydrogens is 384 g/mol. The van der Waals surface area contributed by atoms with E-state index in [1.165, 1.54) is 0 Å². The van der Waals surface area contributed by atoms with Crippen LogP contribution in [-0.2, 0) is 0 Å². The van der Waals surface area contributed by atoms with Crippen LogP contribution in [0, 0.1) is 0 Å². The van der Waals surface area contributed by atoms with Gasteiger partial charge in [-0.2, -0.15) is 0 Å². The van der Waals surface area contributed by atoms with Gasteiger partial charge in [-0.15, -0.1) is 0 Å². The summed E-state index contributed by atoms with van der Waals surface area (Å²) >= 11 is 0. The maximum atomic E-state index is 5.77. The molecule has 0 saturated carbocycles. The van der Waals surface area contributed by atoms with Gasteiger partial charge in [-0.25, -0.2) is 0 Å². The maximum Gasteiger partial charge on any atom is 0.142 e. The van der Waals surface area contributed by atoms with E-state index in [1.807, 2.05) is 13.0 Å². The molecule has 4 nitrogen and oxygen atoms in total. The van der Waals surface area contributed by atoms with Gasteiger partial charge < -0.3 is 19.3 Å². The SMILES string of the molecule is CC=CC=C(c1ccc(N(CC)CC)c(OC)c1)c1ccc(N(CC)CC)c(OC)c1. The number of ether oxygens (including phenoxy) is 2. The first-order valence-corrected chi connectivity index (χ1v) is 11.3. The van der Waals surface area contributed by atoms with Crippen molar-refractivity contribution in [2.45, 2.75) is 34.6 Å². The van der Waals surface area contributed by atoms with E-state index >= 15 is 0 Å². The zero-order valence-corrected chi connectivity index (χ0v) is 20.2. The van der Waals surface area contributed by atoms with Gasteiger partial charge in [0.1, 0.15) is 11.5 Å². The molecule has 0 radical (unpaired) electrons. The van der Waals surface area contributed by atoms with E-state index in [2.05, 4.69) is 86.0 Å². The average Bonchev–Trinajstić information content (AvgIpc) is 2.81. The molecule has 0 atom stereocenters. The Balaban J connectivity index is 2.59. The smallest absolute Gasteiger partial charge is 0.142 e. The molecule has 0 aromatic heterocycles. The summed E-state index contributed by atoms with van der Waals surface area (Å²) in [6.45, 7) is 14.5. The molecule has 2 aromatic carbocycles. The van der Waals surface area contributed by atoms with E-state index < -0.39 is 0 Å². The first-order valence-electron chi connectivity index (χ1n) is 11.3. The van der Waals surface area contributed by atoms with Crippen molar-refractivity contribution in [2.24, 2.45) is 0 Å². The molecule has 0 N–H and O–H groups in total. The molecule has 168 valence electrons. The van der Waals surface area contributed by atoms with Crippen LogP contribution >= 0.6 is 0 Å². The lowest BCUT2D eigenvalue weighted by atomic mass is 9.96. The van der Waals surface area contributed by atoms with Crippen molar-refractivity contribution in [2.75, 3.05) is 50.2 Å². The van der Waals surface area contributed by atoms with Gasteiger partial charge in [-0.3, -0.25) is 0 Å². The number of hydrogen-bond acceptors (Lipinski definition) is 4. The Morgan fingerprint density at radius 1 is 0.742 bits per heavy atom. The number of methoxy groups -OCH3 is 2. The minimum absolute atomic E-state index is 0.888. The van der Waals surface area contributed by atoms with Crippen LogP contribution in [0.15, 0.2) is 54.6 Å². The average molecular weight is 423 g/mol. The summed E-state index contributed by atoms with van der Waals surface area (Å²) in [5.74, 6) is 1.78. The van der Waals surface area contributed by atoms with E-state index in [4.69, 9.17) is 9.47 Å². The van der Waals surface area contributed by atoms with Crippen LogP contribution in [0.4, 0.5) is 11.4 Å². The molecule has 0 unspecified atom stereocenters. The Labute approximate surface area is 188 Å². The van der Waals surface area contributed by atoms with Crippen molar-refractivity contribution in [1.82, 2.24) is 0 Å². The van der Waals surface area contributed by atoms with Crippen LogP contribution in [0.3, 0.4) is 0 Å². The van der Waals surface area contributed by atoms with Crippen LogP contribution in [0.2, 0.25) is 0 Å². The highest BCUT2D eigenvalue weighted by atomic mass is 16.5. The van der Waals surface area contributed by atoms with Crippen LogP contribution in [-0.4, -0.2) is 40.4 Å². The topological polar surface area (TPSA) is 24.9 Å². The molecule has 0 fully saturated rings. The van der Waals surface area contributed by atoms with E-state index in [-0.39, 0.29) is 0 Å². The summed E-state index contributed by atoms with van der Waals surface area (Å²) in [7, 11) is 3.48. The van der Waals surface area contributed by atoms with Gasteiger partial charge in [0, 0.05) is 26.2 Å². The summed E-state index contributed by atoms with van der Waals surface area (Å²) in [6, 6.07) is 12.9. The van der Waals surface area contributed by atoms with E-state index in [1.54, 1.807) is 14.2 Å². The lowest BCUT2D eigenvalue weighted by Gasteiger charge is -2.25. The van der Waals surface area contributed by atoms with Crippen molar-refractivity contribution >= 4 is 16.9 Å². The van der Waals surface area contributed by atoms with Crippen molar-refractivity contribution in [3.05, 3.63) is 65.8 Å². The number of nitrogens with zero attached hydrogens (tertiary/aromatic N) is 2. The molecule has 2 rings (SSSR count). The standard InChI is InChI=1S/C27H38N2O2/c1-8-13-14-23(21-15-17-24(26(19-21)30-6)28(9-2)10-3)22-16-18-25(27(20-22)31-7)29(11-4)12-5/h8,13-20H,9-12H2,1-7H3. The van der Waals surface area contributed by atoms with E-state index in [0.717, 1.165) is 65.8 Å². The Kier molecular flexibility index (Phi) is 9.51. The van der Waals surface area contributed by atoms with E-state index in [9.17, 15) is 0 Å². The quantitative estimate of drug-likeness (QED) is 0.391. The second kappa shape index (κ2) is 12.1. The van der Waals surface area contributed by atoms with Crippen molar-refractivity contribution in [3.8, 4) is 11.5 Å². The first kappa shape index (κ1) is 24.4. The zero-order chi connectivity index (χ0) is 22.8. The van der Waals surface area contributed by atoms with Crippen molar-refractivity contribution < 1.29 is 9.47 Å². The predicted molar refractivity (Wildman–Crippen MR) is 135 cm³/mol. The zero-order valence-electron chi connectivity index (χ0n) is 20.2. The van der Waals surface area contributed by atoms with Crippen LogP contribution in [0.5, 0.6) is 11.5 Å². The molecule has 4 heteroatoms. The molecule has 0 heterocycles. The number of anilines is 2. The molecule has 0 spiro atoms. The molecule has 31 heavy (non-hydrogen) atoms. The fourth-order valence-corrected chi connectivity index (χ4v) is 3.89. The lowest BCUT2D eigenvalue weighted by molar-refractivity contribution is 0.414. The Bertz CT molecular complexity index is 829. The number of allylic oxidation sites excluding steroid dienone is 3. The normalized spacial score (nSPS) is 10.8. The van der Waals surface area contributed by atoms with Gasteiger partial charge in [-0.05, 0) is 75.6 Å². The molecule has 0 amide bonds. The molecule has 0 bridgehead atoms.